The van der Waals surface area contributed by atoms with Crippen molar-refractivity contribution in [1.29, 1.82) is 0 Å². The van der Waals surface area contributed by atoms with Gasteiger partial charge in [0, 0.05) is 0 Å². The molecule has 0 aliphatic carbocycles. The number of halogens is 2. The number of carbonyl (C=O) groups is 1. The normalized spacial score (nSPS) is 13.0. The van der Waals surface area contributed by atoms with Crippen molar-refractivity contribution in [3.05, 3.63) is 23.8 Å². The number of aromatic hydroxyl groups is 1. The molecule has 114 valence electrons. The van der Waals surface area contributed by atoms with Gasteiger partial charge >= 0.3 is 5.97 Å². The molecule has 0 aliphatic heterocycles. The van der Waals surface area contributed by atoms with Crippen molar-refractivity contribution < 1.29 is 23.8 Å². The van der Waals surface area contributed by atoms with E-state index < -0.39 is 18.2 Å². The molecule has 1 rings (SSSR count). The van der Waals surface area contributed by atoms with Crippen LogP contribution in [0.2, 0.25) is 0 Å². The number of nitrogens with two attached hydrogens (primary N) is 1. The second-order valence-electron chi connectivity index (χ2n) is 3.84. The molecular weight excluding hydrogens is 289 g/mol. The van der Waals surface area contributed by atoms with Gasteiger partial charge in [0.05, 0.1) is 19.3 Å². The largest absolute Gasteiger partial charge is 0.504 e. The van der Waals surface area contributed by atoms with Crippen molar-refractivity contribution >= 4 is 18.4 Å². The highest BCUT2D eigenvalue weighted by Gasteiger charge is 2.28. The Balaban J connectivity index is 0.00000361. The van der Waals surface area contributed by atoms with Crippen LogP contribution in [-0.4, -0.2) is 30.5 Å². The summed E-state index contributed by atoms with van der Waals surface area (Å²) in [6, 6.07) is 3.03. The minimum atomic E-state index is -1.96. The first-order chi connectivity index (χ1) is 9.01. The Kier molecular flexibility index (Phi) is 7.94. The van der Waals surface area contributed by atoms with E-state index >= 15 is 0 Å². The molecule has 7 heteroatoms. The molecule has 0 fully saturated rings. The van der Waals surface area contributed by atoms with Gasteiger partial charge in [-0.1, -0.05) is 6.07 Å². The molecular formula is C13H19ClFNO4. The molecule has 2 atom stereocenters. The fraction of sp³-hybridized carbons (Fsp3) is 0.462. The zero-order valence-corrected chi connectivity index (χ0v) is 12.2. The van der Waals surface area contributed by atoms with Crippen molar-refractivity contribution in [2.45, 2.75) is 26.1 Å². The topological polar surface area (TPSA) is 81.8 Å². The summed E-state index contributed by atoms with van der Waals surface area (Å²) in [5.41, 5.74) is 6.02. The van der Waals surface area contributed by atoms with Crippen LogP contribution in [0, 0.1) is 0 Å². The smallest absolute Gasteiger partial charge is 0.342 e. The molecule has 0 aromatic heterocycles. The lowest BCUT2D eigenvalue weighted by molar-refractivity contribution is -0.149. The lowest BCUT2D eigenvalue weighted by Gasteiger charge is -2.17. The molecule has 0 saturated heterocycles. The van der Waals surface area contributed by atoms with E-state index in [2.05, 4.69) is 4.74 Å². The van der Waals surface area contributed by atoms with Crippen LogP contribution in [0.1, 0.15) is 25.5 Å². The Hall–Kier alpha value is -1.53. The molecule has 0 heterocycles. The van der Waals surface area contributed by atoms with Crippen LogP contribution in [0.4, 0.5) is 4.39 Å². The van der Waals surface area contributed by atoms with Gasteiger partial charge in [-0.25, -0.2) is 9.18 Å². The number of phenolic OH excluding ortho intramolecular Hbond substituents is 1. The van der Waals surface area contributed by atoms with E-state index in [9.17, 15) is 14.3 Å². The molecule has 0 aliphatic rings. The molecule has 1 unspecified atom stereocenters. The predicted octanol–water partition coefficient (Wildman–Crippen LogP) is 2.11. The molecule has 0 radical (unpaired) electrons. The first-order valence-electron chi connectivity index (χ1n) is 6.03. The van der Waals surface area contributed by atoms with E-state index in [1.807, 2.05) is 0 Å². The van der Waals surface area contributed by atoms with E-state index in [1.54, 1.807) is 13.8 Å². The number of carbonyl (C=O) groups excluding carboxylic acids is 1. The maximum Gasteiger partial charge on any atom is 0.342 e. The van der Waals surface area contributed by atoms with E-state index in [-0.39, 0.29) is 30.5 Å². The van der Waals surface area contributed by atoms with Crippen molar-refractivity contribution in [3.63, 3.8) is 0 Å². The number of hydrogen-bond acceptors (Lipinski definition) is 5. The molecule has 1 aromatic carbocycles. The summed E-state index contributed by atoms with van der Waals surface area (Å²) in [7, 11) is 0. The van der Waals surface area contributed by atoms with Gasteiger partial charge in [-0.3, -0.25) is 0 Å². The number of phenols is 1. The molecule has 0 spiro atoms. The molecule has 0 amide bonds. The van der Waals surface area contributed by atoms with Gasteiger partial charge in [-0.2, -0.15) is 0 Å². The summed E-state index contributed by atoms with van der Waals surface area (Å²) in [6.45, 7) is 3.78. The Bertz CT molecular complexity index is 444. The van der Waals surface area contributed by atoms with Crippen LogP contribution >= 0.6 is 12.4 Å². The Morgan fingerprint density at radius 1 is 1.40 bits per heavy atom. The third-order valence-electron chi connectivity index (χ3n) is 2.50. The quantitative estimate of drug-likeness (QED) is 0.787. The minimum Gasteiger partial charge on any atom is -0.504 e. The molecule has 3 N–H and O–H groups in total. The van der Waals surface area contributed by atoms with Crippen LogP contribution in [0.3, 0.4) is 0 Å². The van der Waals surface area contributed by atoms with Crippen molar-refractivity contribution in [2.24, 2.45) is 5.73 Å². The first kappa shape index (κ1) is 18.5. The zero-order valence-electron chi connectivity index (χ0n) is 11.3. The highest BCUT2D eigenvalue weighted by atomic mass is 35.5. The summed E-state index contributed by atoms with van der Waals surface area (Å²) < 4.78 is 23.5. The fourth-order valence-electron chi connectivity index (χ4n) is 1.55. The average Bonchev–Trinajstić information content (AvgIpc) is 2.40. The molecule has 5 nitrogen and oxygen atoms in total. The Labute approximate surface area is 123 Å². The van der Waals surface area contributed by atoms with Gasteiger partial charge in [-0.15, -0.1) is 12.4 Å². The maximum absolute atomic E-state index is 13.8. The number of ether oxygens (including phenoxy) is 2. The second-order valence-corrected chi connectivity index (χ2v) is 3.84. The van der Waals surface area contributed by atoms with Gasteiger partial charge in [0.2, 0.25) is 6.17 Å². The summed E-state index contributed by atoms with van der Waals surface area (Å²) >= 11 is 0. The van der Waals surface area contributed by atoms with Gasteiger partial charge in [0.15, 0.2) is 11.5 Å². The SMILES string of the molecule is CCOC(=O)C(F)[C@@H](N)c1ccc(O)c(OCC)c1.Cl. The van der Waals surface area contributed by atoms with E-state index in [0.717, 1.165) is 0 Å². The van der Waals surface area contributed by atoms with E-state index in [0.29, 0.717) is 12.2 Å². The van der Waals surface area contributed by atoms with Crippen LogP contribution in [-0.2, 0) is 9.53 Å². The summed E-state index contributed by atoms with van der Waals surface area (Å²) in [5.74, 6) is -0.864. The lowest BCUT2D eigenvalue weighted by Crippen LogP contribution is -2.31. The first-order valence-corrected chi connectivity index (χ1v) is 6.03. The third-order valence-corrected chi connectivity index (χ3v) is 2.50. The van der Waals surface area contributed by atoms with Gasteiger partial charge < -0.3 is 20.3 Å². The number of hydrogen-bond donors (Lipinski definition) is 2. The summed E-state index contributed by atoms with van der Waals surface area (Å²) in [6.07, 6.45) is -1.96. The predicted molar refractivity (Wildman–Crippen MR) is 75.0 cm³/mol. The Morgan fingerprint density at radius 3 is 2.60 bits per heavy atom. The van der Waals surface area contributed by atoms with Gasteiger partial charge in [0.1, 0.15) is 0 Å². The van der Waals surface area contributed by atoms with Crippen LogP contribution in [0.15, 0.2) is 18.2 Å². The highest BCUT2D eigenvalue weighted by Crippen LogP contribution is 2.30. The van der Waals surface area contributed by atoms with Crippen LogP contribution in [0.25, 0.3) is 0 Å². The monoisotopic (exact) mass is 307 g/mol. The molecule has 0 bridgehead atoms. The highest BCUT2D eigenvalue weighted by molar-refractivity contribution is 5.85. The number of esters is 1. The van der Waals surface area contributed by atoms with Gasteiger partial charge in [0.25, 0.3) is 0 Å². The van der Waals surface area contributed by atoms with Crippen molar-refractivity contribution in [2.75, 3.05) is 13.2 Å². The standard InChI is InChI=1S/C13H18FNO4.ClH/c1-3-18-10-7-8(5-6-9(10)16)12(15)11(14)13(17)19-4-2;/h5-7,11-12,16H,3-4,15H2,1-2H3;1H/t11?,12-;/m0./s1. The van der Waals surface area contributed by atoms with Crippen molar-refractivity contribution in [1.82, 2.24) is 0 Å². The van der Waals surface area contributed by atoms with E-state index in [1.165, 1.54) is 18.2 Å². The number of benzene rings is 1. The second kappa shape index (κ2) is 8.60. The average molecular weight is 308 g/mol. The van der Waals surface area contributed by atoms with Crippen LogP contribution < -0.4 is 10.5 Å². The number of rotatable bonds is 6. The minimum absolute atomic E-state index is 0. The fourth-order valence-corrected chi connectivity index (χ4v) is 1.55. The lowest BCUT2D eigenvalue weighted by atomic mass is 10.0. The van der Waals surface area contributed by atoms with Crippen molar-refractivity contribution in [3.8, 4) is 11.5 Å². The third kappa shape index (κ3) is 4.54. The van der Waals surface area contributed by atoms with Crippen LogP contribution in [0.5, 0.6) is 11.5 Å². The molecule has 1 aromatic rings. The Morgan fingerprint density at radius 2 is 2.05 bits per heavy atom. The van der Waals surface area contributed by atoms with Gasteiger partial charge in [-0.05, 0) is 31.5 Å². The molecule has 20 heavy (non-hydrogen) atoms. The number of alkyl halides is 1. The zero-order chi connectivity index (χ0) is 14.4. The maximum atomic E-state index is 13.8. The summed E-state index contributed by atoms with van der Waals surface area (Å²) in [4.78, 5) is 11.3. The van der Waals surface area contributed by atoms with E-state index in [4.69, 9.17) is 10.5 Å². The summed E-state index contributed by atoms with van der Waals surface area (Å²) in [5, 5.41) is 9.53. The molecule has 0 saturated carbocycles.